The number of aliphatic hydroxyl groups is 1. The molecule has 0 radical (unpaired) electrons. The van der Waals surface area contributed by atoms with Gasteiger partial charge in [0, 0.05) is 31.9 Å². The van der Waals surface area contributed by atoms with Crippen LogP contribution >= 0.6 is 0 Å². The van der Waals surface area contributed by atoms with Crippen molar-refractivity contribution >= 4 is 5.91 Å². The van der Waals surface area contributed by atoms with Crippen LogP contribution in [0.1, 0.15) is 42.6 Å². The molecule has 0 aromatic carbocycles. The molecule has 1 N–H and O–H groups in total. The summed E-state index contributed by atoms with van der Waals surface area (Å²) in [6.45, 7) is 1.96. The summed E-state index contributed by atoms with van der Waals surface area (Å²) in [4.78, 5) is 18.5. The number of aryl methyl sites for hydroxylation is 1. The van der Waals surface area contributed by atoms with Crippen LogP contribution in [0.2, 0.25) is 0 Å². The van der Waals surface area contributed by atoms with Crippen LogP contribution in [0.15, 0.2) is 18.5 Å². The molecule has 1 saturated carbocycles. The van der Waals surface area contributed by atoms with Crippen LogP contribution in [0.5, 0.6) is 0 Å². The van der Waals surface area contributed by atoms with E-state index < -0.39 is 6.10 Å². The molecule has 1 fully saturated rings. The van der Waals surface area contributed by atoms with Crippen LogP contribution in [-0.2, 0) is 24.9 Å². The minimum Gasteiger partial charge on any atom is -0.379 e. The smallest absolute Gasteiger partial charge is 0.226 e. The minimum absolute atomic E-state index is 0.224. The second kappa shape index (κ2) is 5.49. The van der Waals surface area contributed by atoms with Gasteiger partial charge >= 0.3 is 0 Å². The Balaban J connectivity index is 1.53. The molecular formula is C16H21N5O2. The molecule has 1 atom stereocenters. The number of hydrogen-bond donors (Lipinski definition) is 1. The predicted molar refractivity (Wildman–Crippen MR) is 82.3 cm³/mol. The fraction of sp³-hybridized carbons (Fsp3) is 0.562. The molecule has 7 nitrogen and oxygen atoms in total. The van der Waals surface area contributed by atoms with Crippen molar-refractivity contribution in [2.24, 2.45) is 13.0 Å². The van der Waals surface area contributed by atoms with E-state index in [1.807, 2.05) is 22.7 Å². The molecule has 2 aromatic heterocycles. The highest BCUT2D eigenvalue weighted by molar-refractivity contribution is 5.79. The summed E-state index contributed by atoms with van der Waals surface area (Å²) in [6, 6.07) is 1.89. The van der Waals surface area contributed by atoms with Gasteiger partial charge in [0.2, 0.25) is 5.91 Å². The maximum atomic E-state index is 12.4. The zero-order valence-electron chi connectivity index (χ0n) is 13.2. The zero-order chi connectivity index (χ0) is 16.0. The molecule has 7 heteroatoms. The Morgan fingerprint density at radius 3 is 2.87 bits per heavy atom. The molecule has 1 aliphatic carbocycles. The zero-order valence-corrected chi connectivity index (χ0v) is 13.2. The maximum absolute atomic E-state index is 12.4. The third-order valence-electron chi connectivity index (χ3n) is 4.97. The molecule has 2 aromatic rings. The second-order valence-corrected chi connectivity index (χ2v) is 6.47. The molecule has 3 heterocycles. The predicted octanol–water partition coefficient (Wildman–Crippen LogP) is 0.841. The number of nitrogens with zero attached hydrogens (tertiary/aromatic N) is 5. The number of fused-ring (bicyclic) bond motifs is 1. The van der Waals surface area contributed by atoms with Crippen molar-refractivity contribution in [2.75, 3.05) is 6.54 Å². The summed E-state index contributed by atoms with van der Waals surface area (Å²) < 4.78 is 3.68. The molecule has 23 heavy (non-hydrogen) atoms. The Hall–Kier alpha value is -2.15. The van der Waals surface area contributed by atoms with Crippen LogP contribution < -0.4 is 0 Å². The van der Waals surface area contributed by atoms with E-state index in [1.54, 1.807) is 17.0 Å². The third kappa shape index (κ3) is 2.45. The molecule has 0 saturated heterocycles. The first-order valence-corrected chi connectivity index (χ1v) is 8.14. The lowest BCUT2D eigenvalue weighted by atomic mass is 9.84. The highest BCUT2D eigenvalue weighted by Gasteiger charge is 2.32. The van der Waals surface area contributed by atoms with Gasteiger partial charge in [-0.3, -0.25) is 9.48 Å². The first-order valence-electron chi connectivity index (χ1n) is 8.14. The van der Waals surface area contributed by atoms with Crippen molar-refractivity contribution in [3.8, 4) is 0 Å². The van der Waals surface area contributed by atoms with E-state index in [4.69, 9.17) is 0 Å². The Labute approximate surface area is 134 Å². The van der Waals surface area contributed by atoms with Crippen molar-refractivity contribution in [1.82, 2.24) is 24.2 Å². The molecule has 0 spiro atoms. The van der Waals surface area contributed by atoms with E-state index in [0.29, 0.717) is 31.2 Å². The monoisotopic (exact) mass is 315 g/mol. The molecular weight excluding hydrogens is 294 g/mol. The number of hydrogen-bond acceptors (Lipinski definition) is 4. The van der Waals surface area contributed by atoms with Crippen LogP contribution in [0, 0.1) is 5.92 Å². The van der Waals surface area contributed by atoms with Crippen LogP contribution in [0.4, 0.5) is 0 Å². The fourth-order valence-electron chi connectivity index (χ4n) is 3.30. The van der Waals surface area contributed by atoms with Crippen molar-refractivity contribution in [3.05, 3.63) is 35.7 Å². The highest BCUT2D eigenvalue weighted by Crippen LogP contribution is 2.30. The number of aliphatic hydroxyl groups excluding tert-OH is 1. The normalized spacial score (nSPS) is 19.3. The summed E-state index contributed by atoms with van der Waals surface area (Å²) >= 11 is 0. The van der Waals surface area contributed by atoms with Gasteiger partial charge in [-0.25, -0.2) is 4.98 Å². The van der Waals surface area contributed by atoms with E-state index in [1.165, 1.54) is 6.42 Å². The molecule has 1 aliphatic heterocycles. The van der Waals surface area contributed by atoms with Gasteiger partial charge in [-0.15, -0.1) is 0 Å². The fourth-order valence-corrected chi connectivity index (χ4v) is 3.30. The first kappa shape index (κ1) is 14.4. The van der Waals surface area contributed by atoms with Gasteiger partial charge < -0.3 is 14.6 Å². The topological polar surface area (TPSA) is 76.2 Å². The lowest BCUT2D eigenvalue weighted by molar-refractivity contribution is -0.139. The van der Waals surface area contributed by atoms with Crippen molar-refractivity contribution in [3.63, 3.8) is 0 Å². The molecule has 122 valence electrons. The van der Waals surface area contributed by atoms with Crippen molar-refractivity contribution in [1.29, 1.82) is 0 Å². The Morgan fingerprint density at radius 1 is 1.39 bits per heavy atom. The third-order valence-corrected chi connectivity index (χ3v) is 4.97. The lowest BCUT2D eigenvalue weighted by Crippen LogP contribution is -2.43. The summed E-state index contributed by atoms with van der Waals surface area (Å²) in [5.74, 6) is 1.07. The summed E-state index contributed by atoms with van der Waals surface area (Å²) in [5.41, 5.74) is 1.57. The van der Waals surface area contributed by atoms with E-state index in [0.717, 1.165) is 18.5 Å². The van der Waals surface area contributed by atoms with E-state index in [2.05, 4.69) is 10.1 Å². The van der Waals surface area contributed by atoms with Gasteiger partial charge in [0.1, 0.15) is 5.82 Å². The van der Waals surface area contributed by atoms with E-state index in [9.17, 15) is 9.90 Å². The Bertz CT molecular complexity index is 731. The molecule has 1 amide bonds. The van der Waals surface area contributed by atoms with Gasteiger partial charge in [-0.1, -0.05) is 6.42 Å². The van der Waals surface area contributed by atoms with E-state index >= 15 is 0 Å². The Kier molecular flexibility index (Phi) is 3.45. The van der Waals surface area contributed by atoms with Gasteiger partial charge in [0.05, 0.1) is 24.5 Å². The summed E-state index contributed by atoms with van der Waals surface area (Å²) in [6.07, 6.45) is 5.84. The molecule has 4 rings (SSSR count). The van der Waals surface area contributed by atoms with Gasteiger partial charge in [-0.05, 0) is 18.9 Å². The quantitative estimate of drug-likeness (QED) is 0.911. The van der Waals surface area contributed by atoms with E-state index in [-0.39, 0.29) is 11.8 Å². The number of rotatable bonds is 3. The summed E-state index contributed by atoms with van der Waals surface area (Å²) in [5, 5.41) is 15.0. The van der Waals surface area contributed by atoms with Gasteiger partial charge in [-0.2, -0.15) is 5.10 Å². The SMILES string of the molecule is Cn1ccnc1[C@H](O)c1cc2n(n1)CCN(C(=O)C1CCC1)C2. The maximum Gasteiger partial charge on any atom is 0.226 e. The molecule has 2 aliphatic rings. The molecule has 0 bridgehead atoms. The van der Waals surface area contributed by atoms with Crippen LogP contribution in [0.3, 0.4) is 0 Å². The number of carbonyl (C=O) groups excluding carboxylic acids is 1. The second-order valence-electron chi connectivity index (χ2n) is 6.47. The number of amides is 1. The largest absolute Gasteiger partial charge is 0.379 e. The van der Waals surface area contributed by atoms with Crippen molar-refractivity contribution in [2.45, 2.75) is 38.5 Å². The number of aromatic nitrogens is 4. The first-order chi connectivity index (χ1) is 11.1. The molecule has 0 unspecified atom stereocenters. The number of carbonyl (C=O) groups is 1. The van der Waals surface area contributed by atoms with Crippen LogP contribution in [0.25, 0.3) is 0 Å². The highest BCUT2D eigenvalue weighted by atomic mass is 16.3. The average Bonchev–Trinajstić information content (AvgIpc) is 3.09. The van der Waals surface area contributed by atoms with Crippen molar-refractivity contribution < 1.29 is 9.90 Å². The number of imidazole rings is 1. The minimum atomic E-state index is -0.844. The summed E-state index contributed by atoms with van der Waals surface area (Å²) in [7, 11) is 1.85. The standard InChI is InChI=1S/C16H21N5O2/c1-19-6-5-17-15(19)14(22)13-9-12-10-20(7-8-21(12)18-13)16(23)11-3-2-4-11/h5-6,9,11,14,22H,2-4,7-8,10H2,1H3/t14-/m1/s1. The van der Waals surface area contributed by atoms with Gasteiger partial charge in [0.15, 0.2) is 6.10 Å². The van der Waals surface area contributed by atoms with Crippen LogP contribution in [-0.4, -0.2) is 41.8 Å². The van der Waals surface area contributed by atoms with Gasteiger partial charge in [0.25, 0.3) is 0 Å². The average molecular weight is 315 g/mol. The lowest BCUT2D eigenvalue weighted by Gasteiger charge is -2.34. The Morgan fingerprint density at radius 2 is 2.22 bits per heavy atom.